The molecule has 0 spiro atoms. The van der Waals surface area contributed by atoms with E-state index in [9.17, 15) is 5.11 Å². The van der Waals surface area contributed by atoms with Crippen molar-refractivity contribution in [3.63, 3.8) is 0 Å². The van der Waals surface area contributed by atoms with Crippen LogP contribution in [0.2, 0.25) is 0 Å². The number of nitrogens with one attached hydrogen (secondary N) is 1. The van der Waals surface area contributed by atoms with Gasteiger partial charge in [0.1, 0.15) is 0 Å². The Morgan fingerprint density at radius 1 is 1.19 bits per heavy atom. The van der Waals surface area contributed by atoms with E-state index in [2.05, 4.69) is 34.5 Å². The van der Waals surface area contributed by atoms with Crippen molar-refractivity contribution in [3.05, 3.63) is 35.9 Å². The van der Waals surface area contributed by atoms with Crippen molar-refractivity contribution in [2.24, 2.45) is 0 Å². The topological polar surface area (TPSA) is 44.7 Å². The zero-order valence-corrected chi connectivity index (χ0v) is 12.6. The standard InChI is InChI=1S/C17H26N2O2/c20-14-17(18-16-6-7-16,15-4-2-1-3-5-15)8-9-19-10-12-21-13-11-19/h1-5,16,18,20H,6-14H2. The third-order valence-corrected chi connectivity index (χ3v) is 4.61. The minimum Gasteiger partial charge on any atom is -0.394 e. The summed E-state index contributed by atoms with van der Waals surface area (Å²) in [6.45, 7) is 4.80. The number of benzene rings is 1. The Kier molecular flexibility index (Phi) is 4.91. The molecule has 4 nitrogen and oxygen atoms in total. The highest BCUT2D eigenvalue weighted by molar-refractivity contribution is 5.25. The van der Waals surface area contributed by atoms with E-state index in [4.69, 9.17) is 4.74 Å². The number of morpholine rings is 1. The Morgan fingerprint density at radius 2 is 1.90 bits per heavy atom. The van der Waals surface area contributed by atoms with Gasteiger partial charge in [0.05, 0.1) is 25.4 Å². The molecule has 2 fully saturated rings. The maximum atomic E-state index is 10.1. The number of hydrogen-bond donors (Lipinski definition) is 2. The first-order chi connectivity index (χ1) is 10.3. The molecule has 1 saturated heterocycles. The molecule has 1 unspecified atom stereocenters. The summed E-state index contributed by atoms with van der Waals surface area (Å²) in [5.41, 5.74) is 0.897. The number of aliphatic hydroxyl groups is 1. The molecule has 2 N–H and O–H groups in total. The van der Waals surface area contributed by atoms with E-state index in [1.54, 1.807) is 0 Å². The van der Waals surface area contributed by atoms with E-state index in [1.807, 2.05) is 6.07 Å². The highest BCUT2D eigenvalue weighted by Gasteiger charge is 2.37. The molecular formula is C17H26N2O2. The van der Waals surface area contributed by atoms with Crippen molar-refractivity contribution in [3.8, 4) is 0 Å². The van der Waals surface area contributed by atoms with Crippen LogP contribution in [0.1, 0.15) is 24.8 Å². The van der Waals surface area contributed by atoms with Crippen LogP contribution in [0.25, 0.3) is 0 Å². The average Bonchev–Trinajstić information content (AvgIpc) is 3.37. The van der Waals surface area contributed by atoms with E-state index in [0.29, 0.717) is 6.04 Å². The molecule has 0 amide bonds. The molecular weight excluding hydrogens is 264 g/mol. The molecule has 1 heterocycles. The van der Waals surface area contributed by atoms with E-state index in [1.165, 1.54) is 18.4 Å². The summed E-state index contributed by atoms with van der Waals surface area (Å²) in [5, 5.41) is 13.8. The van der Waals surface area contributed by atoms with Gasteiger partial charge in [0.2, 0.25) is 0 Å². The first-order valence-corrected chi connectivity index (χ1v) is 8.07. The van der Waals surface area contributed by atoms with Gasteiger partial charge in [-0.2, -0.15) is 0 Å². The second-order valence-corrected chi connectivity index (χ2v) is 6.23. The van der Waals surface area contributed by atoms with Gasteiger partial charge in [-0.25, -0.2) is 0 Å². The predicted octanol–water partition coefficient (Wildman–Crippen LogP) is 1.35. The molecule has 1 aliphatic carbocycles. The zero-order chi connectivity index (χ0) is 14.5. The summed E-state index contributed by atoms with van der Waals surface area (Å²) in [7, 11) is 0. The van der Waals surface area contributed by atoms with E-state index in [0.717, 1.165) is 39.3 Å². The summed E-state index contributed by atoms with van der Waals surface area (Å²) >= 11 is 0. The first-order valence-electron chi connectivity index (χ1n) is 8.07. The molecule has 0 aromatic heterocycles. The number of hydrogen-bond acceptors (Lipinski definition) is 4. The smallest absolute Gasteiger partial charge is 0.0683 e. The maximum Gasteiger partial charge on any atom is 0.0683 e. The van der Waals surface area contributed by atoms with Crippen LogP contribution in [0, 0.1) is 0 Å². The highest BCUT2D eigenvalue weighted by atomic mass is 16.5. The summed E-state index contributed by atoms with van der Waals surface area (Å²) in [4.78, 5) is 2.44. The minimum absolute atomic E-state index is 0.151. The molecule has 0 radical (unpaired) electrons. The number of ether oxygens (including phenoxy) is 1. The first kappa shape index (κ1) is 15.0. The van der Waals surface area contributed by atoms with E-state index >= 15 is 0 Å². The van der Waals surface area contributed by atoms with Crippen molar-refractivity contribution in [1.82, 2.24) is 10.2 Å². The second-order valence-electron chi connectivity index (χ2n) is 6.23. The fourth-order valence-electron chi connectivity index (χ4n) is 3.07. The van der Waals surface area contributed by atoms with Crippen molar-refractivity contribution in [2.75, 3.05) is 39.5 Å². The van der Waals surface area contributed by atoms with Gasteiger partial charge in [0.15, 0.2) is 0 Å². The Morgan fingerprint density at radius 3 is 2.52 bits per heavy atom. The second kappa shape index (κ2) is 6.88. The highest BCUT2D eigenvalue weighted by Crippen LogP contribution is 2.31. The molecule has 1 atom stereocenters. The molecule has 0 bridgehead atoms. The van der Waals surface area contributed by atoms with Gasteiger partial charge >= 0.3 is 0 Å². The normalized spacial score (nSPS) is 22.9. The SMILES string of the molecule is OCC(CCN1CCOCC1)(NC1CC1)c1ccccc1. The largest absolute Gasteiger partial charge is 0.394 e. The summed E-state index contributed by atoms with van der Waals surface area (Å²) < 4.78 is 5.41. The molecule has 21 heavy (non-hydrogen) atoms. The predicted molar refractivity (Wildman–Crippen MR) is 83.2 cm³/mol. The molecule has 4 heteroatoms. The fourth-order valence-corrected chi connectivity index (χ4v) is 3.07. The lowest BCUT2D eigenvalue weighted by atomic mass is 9.86. The molecule has 116 valence electrons. The Bertz CT molecular complexity index is 430. The van der Waals surface area contributed by atoms with Crippen molar-refractivity contribution < 1.29 is 9.84 Å². The molecule has 1 saturated carbocycles. The molecule has 1 aromatic carbocycles. The maximum absolute atomic E-state index is 10.1. The van der Waals surface area contributed by atoms with Gasteiger partial charge < -0.3 is 15.2 Å². The third-order valence-electron chi connectivity index (χ3n) is 4.61. The number of nitrogens with zero attached hydrogens (tertiary/aromatic N) is 1. The van der Waals surface area contributed by atoms with Crippen LogP contribution < -0.4 is 5.32 Å². The lowest BCUT2D eigenvalue weighted by Gasteiger charge is -2.37. The van der Waals surface area contributed by atoms with Gasteiger partial charge in [0.25, 0.3) is 0 Å². The summed E-state index contributed by atoms with van der Waals surface area (Å²) in [6, 6.07) is 11.0. The van der Waals surface area contributed by atoms with Gasteiger partial charge in [-0.05, 0) is 24.8 Å². The average molecular weight is 290 g/mol. The monoisotopic (exact) mass is 290 g/mol. The lowest BCUT2D eigenvalue weighted by Crippen LogP contribution is -2.50. The van der Waals surface area contributed by atoms with Crippen LogP contribution >= 0.6 is 0 Å². The lowest BCUT2D eigenvalue weighted by molar-refractivity contribution is 0.0295. The van der Waals surface area contributed by atoms with Gasteiger partial charge in [0, 0.05) is 25.7 Å². The molecule has 3 rings (SSSR count). The number of rotatable bonds is 7. The quantitative estimate of drug-likeness (QED) is 0.796. The Hall–Kier alpha value is -0.940. The van der Waals surface area contributed by atoms with Crippen LogP contribution in [0.3, 0.4) is 0 Å². The van der Waals surface area contributed by atoms with Crippen LogP contribution in [-0.4, -0.2) is 55.5 Å². The summed E-state index contributed by atoms with van der Waals surface area (Å²) in [6.07, 6.45) is 3.39. The van der Waals surface area contributed by atoms with Crippen molar-refractivity contribution >= 4 is 0 Å². The Labute approximate surface area is 127 Å². The fraction of sp³-hybridized carbons (Fsp3) is 0.647. The molecule has 1 aromatic rings. The van der Waals surface area contributed by atoms with Gasteiger partial charge in [-0.3, -0.25) is 4.90 Å². The van der Waals surface area contributed by atoms with Gasteiger partial charge in [-0.1, -0.05) is 30.3 Å². The third kappa shape index (κ3) is 3.83. The summed E-state index contributed by atoms with van der Waals surface area (Å²) in [5.74, 6) is 0. The van der Waals surface area contributed by atoms with Gasteiger partial charge in [-0.15, -0.1) is 0 Å². The van der Waals surface area contributed by atoms with Crippen LogP contribution in [0.15, 0.2) is 30.3 Å². The molecule has 2 aliphatic rings. The zero-order valence-electron chi connectivity index (χ0n) is 12.6. The minimum atomic E-state index is -0.305. The van der Waals surface area contributed by atoms with Crippen molar-refractivity contribution in [1.29, 1.82) is 0 Å². The van der Waals surface area contributed by atoms with Crippen LogP contribution in [0.5, 0.6) is 0 Å². The van der Waals surface area contributed by atoms with E-state index < -0.39 is 0 Å². The number of aliphatic hydroxyl groups excluding tert-OH is 1. The molecule has 1 aliphatic heterocycles. The van der Waals surface area contributed by atoms with Crippen LogP contribution in [0.4, 0.5) is 0 Å². The van der Waals surface area contributed by atoms with Crippen LogP contribution in [-0.2, 0) is 10.3 Å². The van der Waals surface area contributed by atoms with E-state index in [-0.39, 0.29) is 12.1 Å². The van der Waals surface area contributed by atoms with Crippen molar-refractivity contribution in [2.45, 2.75) is 30.8 Å². The Balaban J connectivity index is 1.71.